The summed E-state index contributed by atoms with van der Waals surface area (Å²) in [6, 6.07) is 6.48. The molecule has 2 nitrogen and oxygen atoms in total. The minimum absolute atomic E-state index is 0.0649. The van der Waals surface area contributed by atoms with Gasteiger partial charge < -0.3 is 4.74 Å². The molecule has 23 heavy (non-hydrogen) atoms. The lowest BCUT2D eigenvalue weighted by molar-refractivity contribution is -0.144. The highest BCUT2D eigenvalue weighted by atomic mass is 32.2. The van der Waals surface area contributed by atoms with Gasteiger partial charge in [0.05, 0.1) is 13.0 Å². The monoisotopic (exact) mass is 354 g/mol. The van der Waals surface area contributed by atoms with Gasteiger partial charge in [-0.2, -0.15) is 0 Å². The molecule has 0 amide bonds. The van der Waals surface area contributed by atoms with Crippen LogP contribution in [0.5, 0.6) is 0 Å². The molecule has 1 atom stereocenters. The summed E-state index contributed by atoms with van der Waals surface area (Å²) in [5, 5.41) is 0. The first-order valence-corrected chi connectivity index (χ1v) is 10.7. The number of esters is 1. The maximum absolute atomic E-state index is 11.9. The second-order valence-corrected chi connectivity index (χ2v) is 7.85. The van der Waals surface area contributed by atoms with Crippen molar-refractivity contribution in [1.82, 2.24) is 0 Å². The van der Waals surface area contributed by atoms with E-state index in [1.807, 2.05) is 0 Å². The van der Waals surface area contributed by atoms with E-state index < -0.39 is 0 Å². The van der Waals surface area contributed by atoms with E-state index in [1.54, 1.807) is 23.5 Å². The third-order valence-electron chi connectivity index (χ3n) is 3.96. The average Bonchev–Trinajstić information content (AvgIpc) is 2.55. The van der Waals surface area contributed by atoms with Crippen molar-refractivity contribution in [2.45, 2.75) is 62.7 Å². The van der Waals surface area contributed by atoms with E-state index in [4.69, 9.17) is 4.74 Å². The molecule has 0 heterocycles. The van der Waals surface area contributed by atoms with E-state index in [9.17, 15) is 4.79 Å². The van der Waals surface area contributed by atoms with Crippen LogP contribution >= 0.6 is 23.5 Å². The number of carbonyl (C=O) groups excluding carboxylic acids is 1. The lowest BCUT2D eigenvalue weighted by Crippen LogP contribution is -2.14. The molecule has 0 fully saturated rings. The molecular weight excluding hydrogens is 324 g/mol. The van der Waals surface area contributed by atoms with E-state index in [0.717, 1.165) is 18.6 Å². The number of thioether (sulfide) groups is 2. The van der Waals surface area contributed by atoms with Crippen LogP contribution in [0, 0.1) is 12.8 Å². The first-order valence-electron chi connectivity index (χ1n) is 8.53. The van der Waals surface area contributed by atoms with Gasteiger partial charge in [0.15, 0.2) is 0 Å². The van der Waals surface area contributed by atoms with E-state index in [-0.39, 0.29) is 5.97 Å². The Balaban J connectivity index is 2.27. The fourth-order valence-corrected chi connectivity index (χ4v) is 3.89. The first-order chi connectivity index (χ1) is 11.1. The van der Waals surface area contributed by atoms with Crippen LogP contribution in [0.2, 0.25) is 0 Å². The number of ether oxygens (including phenoxy) is 1. The Kier molecular flexibility index (Phi) is 10.5. The number of carbonyl (C=O) groups is 1. The molecule has 1 unspecified atom stereocenters. The minimum atomic E-state index is -0.0649. The van der Waals surface area contributed by atoms with Crippen LogP contribution in [-0.4, -0.2) is 24.6 Å². The minimum Gasteiger partial charge on any atom is -0.465 e. The maximum Gasteiger partial charge on any atom is 0.306 e. The Bertz CT molecular complexity index is 474. The first kappa shape index (κ1) is 20.4. The van der Waals surface area contributed by atoms with Crippen LogP contribution < -0.4 is 0 Å². The van der Waals surface area contributed by atoms with Crippen LogP contribution in [0.15, 0.2) is 28.0 Å². The molecular formula is C19H30O2S2. The smallest absolute Gasteiger partial charge is 0.306 e. The zero-order valence-corrected chi connectivity index (χ0v) is 16.5. The summed E-state index contributed by atoms with van der Waals surface area (Å²) in [7, 11) is 0. The zero-order chi connectivity index (χ0) is 17.1. The van der Waals surface area contributed by atoms with Gasteiger partial charge in [-0.15, -0.1) is 23.5 Å². The zero-order valence-electron chi connectivity index (χ0n) is 14.9. The van der Waals surface area contributed by atoms with Crippen molar-refractivity contribution in [2.75, 3.05) is 18.6 Å². The summed E-state index contributed by atoms with van der Waals surface area (Å²) in [5.41, 5.74) is 1.30. The number of hydrogen-bond donors (Lipinski definition) is 0. The normalized spacial score (nSPS) is 12.2. The van der Waals surface area contributed by atoms with Gasteiger partial charge in [-0.1, -0.05) is 33.1 Å². The van der Waals surface area contributed by atoms with E-state index in [0.29, 0.717) is 18.9 Å². The summed E-state index contributed by atoms with van der Waals surface area (Å²) >= 11 is 3.49. The Morgan fingerprint density at radius 1 is 1.30 bits per heavy atom. The highest BCUT2D eigenvalue weighted by Crippen LogP contribution is 2.26. The van der Waals surface area contributed by atoms with Crippen molar-refractivity contribution in [1.29, 1.82) is 0 Å². The summed E-state index contributed by atoms with van der Waals surface area (Å²) in [4.78, 5) is 14.4. The van der Waals surface area contributed by atoms with Crippen molar-refractivity contribution >= 4 is 29.5 Å². The summed E-state index contributed by atoms with van der Waals surface area (Å²) in [5.74, 6) is 1.24. The van der Waals surface area contributed by atoms with Gasteiger partial charge >= 0.3 is 5.97 Å². The van der Waals surface area contributed by atoms with Gasteiger partial charge in [-0.05, 0) is 49.3 Å². The third kappa shape index (κ3) is 8.16. The number of benzene rings is 1. The molecule has 0 bridgehead atoms. The Morgan fingerprint density at radius 3 is 2.70 bits per heavy atom. The number of unbranched alkanes of at least 4 members (excludes halogenated alkanes) is 1. The number of hydrogen-bond acceptors (Lipinski definition) is 4. The summed E-state index contributed by atoms with van der Waals surface area (Å²) < 4.78 is 5.43. The Hall–Kier alpha value is -0.610. The molecule has 1 aromatic rings. The molecule has 0 aliphatic heterocycles. The van der Waals surface area contributed by atoms with Gasteiger partial charge in [-0.25, -0.2) is 0 Å². The highest BCUT2D eigenvalue weighted by molar-refractivity contribution is 7.99. The SMILES string of the molecule is CCCCC(CC)COC(=O)CCSc1ccc(SC)c(C)c1. The molecule has 0 aliphatic carbocycles. The number of aryl methyl sites for hydroxylation is 1. The standard InChI is InChI=1S/C19H30O2S2/c1-5-7-8-16(6-2)14-21-19(20)11-12-23-17-9-10-18(22-4)15(3)13-17/h9-10,13,16H,5-8,11-12,14H2,1-4H3. The summed E-state index contributed by atoms with van der Waals surface area (Å²) in [6.45, 7) is 7.08. The van der Waals surface area contributed by atoms with Crippen LogP contribution in [0.3, 0.4) is 0 Å². The maximum atomic E-state index is 11.9. The summed E-state index contributed by atoms with van der Waals surface area (Å²) in [6.07, 6.45) is 7.25. The molecule has 130 valence electrons. The predicted molar refractivity (Wildman–Crippen MR) is 103 cm³/mol. The van der Waals surface area contributed by atoms with Gasteiger partial charge in [0, 0.05) is 15.5 Å². The molecule has 4 heteroatoms. The quantitative estimate of drug-likeness (QED) is 0.362. The molecule has 1 rings (SSSR count). The third-order valence-corrected chi connectivity index (χ3v) is 5.86. The Labute approximate surface area is 150 Å². The van der Waals surface area contributed by atoms with Crippen LogP contribution in [0.25, 0.3) is 0 Å². The highest BCUT2D eigenvalue weighted by Gasteiger charge is 2.10. The van der Waals surface area contributed by atoms with Crippen molar-refractivity contribution in [3.05, 3.63) is 23.8 Å². The van der Waals surface area contributed by atoms with Gasteiger partial charge in [0.1, 0.15) is 0 Å². The van der Waals surface area contributed by atoms with Gasteiger partial charge in [0.2, 0.25) is 0 Å². The molecule has 0 aromatic heterocycles. The van der Waals surface area contributed by atoms with Crippen molar-refractivity contribution in [2.24, 2.45) is 5.92 Å². The van der Waals surface area contributed by atoms with Gasteiger partial charge in [-0.3, -0.25) is 4.79 Å². The molecule has 0 aliphatic rings. The lowest BCUT2D eigenvalue weighted by atomic mass is 10.0. The molecule has 0 radical (unpaired) electrons. The largest absolute Gasteiger partial charge is 0.465 e. The fourth-order valence-electron chi connectivity index (χ4n) is 2.37. The predicted octanol–water partition coefficient (Wildman–Crippen LogP) is 5.96. The van der Waals surface area contributed by atoms with Gasteiger partial charge in [0.25, 0.3) is 0 Å². The topological polar surface area (TPSA) is 26.3 Å². The van der Waals surface area contributed by atoms with Crippen LogP contribution in [0.1, 0.15) is 51.5 Å². The van der Waals surface area contributed by atoms with Crippen molar-refractivity contribution in [3.63, 3.8) is 0 Å². The fraction of sp³-hybridized carbons (Fsp3) is 0.632. The molecule has 0 saturated heterocycles. The molecule has 1 aromatic carbocycles. The number of rotatable bonds is 11. The van der Waals surface area contributed by atoms with E-state index in [1.165, 1.54) is 28.2 Å². The second-order valence-electron chi connectivity index (χ2n) is 5.83. The van der Waals surface area contributed by atoms with Crippen molar-refractivity contribution in [3.8, 4) is 0 Å². The van der Waals surface area contributed by atoms with Crippen LogP contribution in [0.4, 0.5) is 0 Å². The molecule has 0 saturated carbocycles. The molecule has 0 N–H and O–H groups in total. The van der Waals surface area contributed by atoms with E-state index in [2.05, 4.69) is 45.2 Å². The molecule has 0 spiro atoms. The lowest BCUT2D eigenvalue weighted by Gasteiger charge is -2.14. The second kappa shape index (κ2) is 11.9. The average molecular weight is 355 g/mol. The van der Waals surface area contributed by atoms with Crippen molar-refractivity contribution < 1.29 is 9.53 Å². The van der Waals surface area contributed by atoms with E-state index >= 15 is 0 Å². The van der Waals surface area contributed by atoms with Crippen LogP contribution in [-0.2, 0) is 9.53 Å². The Morgan fingerprint density at radius 2 is 2.09 bits per heavy atom.